The molecule has 0 saturated carbocycles. The van der Waals surface area contributed by atoms with Gasteiger partial charge in [-0.2, -0.15) is 0 Å². The Bertz CT molecular complexity index is 452. The lowest BCUT2D eigenvalue weighted by Crippen LogP contribution is -2.26. The standard InChI is InChI=1S/C13H22N2O2S/c1-4-14-9-10-18(16,17)15-13-7-5-12(6-8-13)11(2)3/h5-8,11,14-15H,4,9-10H2,1-3H3. The van der Waals surface area contributed by atoms with E-state index in [1.54, 1.807) is 12.1 Å². The molecule has 0 radical (unpaired) electrons. The molecular weight excluding hydrogens is 248 g/mol. The average molecular weight is 270 g/mol. The zero-order chi connectivity index (χ0) is 13.6. The maximum atomic E-state index is 11.7. The summed E-state index contributed by atoms with van der Waals surface area (Å²) >= 11 is 0. The minimum absolute atomic E-state index is 0.0901. The van der Waals surface area contributed by atoms with Crippen LogP contribution in [0.2, 0.25) is 0 Å². The van der Waals surface area contributed by atoms with Crippen molar-refractivity contribution < 1.29 is 8.42 Å². The molecule has 0 bridgehead atoms. The Hall–Kier alpha value is -1.07. The van der Waals surface area contributed by atoms with E-state index in [4.69, 9.17) is 0 Å². The Balaban J connectivity index is 2.61. The number of hydrogen-bond donors (Lipinski definition) is 2. The minimum Gasteiger partial charge on any atom is -0.316 e. The lowest BCUT2D eigenvalue weighted by Gasteiger charge is -2.10. The third kappa shape index (κ3) is 5.06. The molecule has 0 aliphatic carbocycles. The molecule has 102 valence electrons. The van der Waals surface area contributed by atoms with Crippen LogP contribution in [0.5, 0.6) is 0 Å². The first kappa shape index (κ1) is 15.0. The largest absolute Gasteiger partial charge is 0.316 e. The Morgan fingerprint density at radius 1 is 1.17 bits per heavy atom. The van der Waals surface area contributed by atoms with Gasteiger partial charge in [-0.1, -0.05) is 32.9 Å². The first-order valence-corrected chi connectivity index (χ1v) is 7.91. The van der Waals surface area contributed by atoms with E-state index in [2.05, 4.69) is 23.9 Å². The zero-order valence-corrected chi connectivity index (χ0v) is 12.0. The van der Waals surface area contributed by atoms with Crippen molar-refractivity contribution in [3.05, 3.63) is 29.8 Å². The molecule has 0 heterocycles. The molecule has 1 aromatic rings. The van der Waals surface area contributed by atoms with Gasteiger partial charge in [-0.05, 0) is 30.2 Å². The molecule has 2 N–H and O–H groups in total. The highest BCUT2D eigenvalue weighted by Gasteiger charge is 2.09. The smallest absolute Gasteiger partial charge is 0.233 e. The van der Waals surface area contributed by atoms with Gasteiger partial charge in [0, 0.05) is 12.2 Å². The molecule has 4 nitrogen and oxygen atoms in total. The summed E-state index contributed by atoms with van der Waals surface area (Å²) in [5, 5.41) is 3.00. The summed E-state index contributed by atoms with van der Waals surface area (Å²) in [7, 11) is -3.25. The van der Waals surface area contributed by atoms with Crippen molar-refractivity contribution in [1.82, 2.24) is 5.32 Å². The van der Waals surface area contributed by atoms with Gasteiger partial charge in [0.2, 0.25) is 10.0 Å². The van der Waals surface area contributed by atoms with Crippen molar-refractivity contribution in [2.45, 2.75) is 26.7 Å². The second kappa shape index (κ2) is 6.75. The molecule has 0 unspecified atom stereocenters. The van der Waals surface area contributed by atoms with Gasteiger partial charge in [0.05, 0.1) is 5.75 Å². The fourth-order valence-electron chi connectivity index (χ4n) is 1.55. The highest BCUT2D eigenvalue weighted by Crippen LogP contribution is 2.17. The Kier molecular flexibility index (Phi) is 5.62. The van der Waals surface area contributed by atoms with E-state index in [9.17, 15) is 8.42 Å². The van der Waals surface area contributed by atoms with Gasteiger partial charge in [0.25, 0.3) is 0 Å². The van der Waals surface area contributed by atoms with Crippen LogP contribution in [0.15, 0.2) is 24.3 Å². The first-order valence-electron chi connectivity index (χ1n) is 6.26. The van der Waals surface area contributed by atoms with Gasteiger partial charge in [0.15, 0.2) is 0 Å². The molecule has 0 aromatic heterocycles. The molecule has 18 heavy (non-hydrogen) atoms. The molecule has 0 atom stereocenters. The third-order valence-corrected chi connectivity index (χ3v) is 3.94. The van der Waals surface area contributed by atoms with Gasteiger partial charge < -0.3 is 5.32 Å². The van der Waals surface area contributed by atoms with Gasteiger partial charge in [-0.25, -0.2) is 8.42 Å². The number of hydrogen-bond acceptors (Lipinski definition) is 3. The van der Waals surface area contributed by atoms with Crippen LogP contribution in [0.1, 0.15) is 32.3 Å². The van der Waals surface area contributed by atoms with Gasteiger partial charge in [-0.3, -0.25) is 4.72 Å². The predicted octanol–water partition coefficient (Wildman–Crippen LogP) is 2.16. The predicted molar refractivity (Wildman–Crippen MR) is 76.5 cm³/mol. The number of rotatable bonds is 7. The molecule has 1 rings (SSSR count). The number of nitrogens with one attached hydrogen (secondary N) is 2. The zero-order valence-electron chi connectivity index (χ0n) is 11.2. The summed E-state index contributed by atoms with van der Waals surface area (Å²) in [5.41, 5.74) is 1.82. The summed E-state index contributed by atoms with van der Waals surface area (Å²) in [6, 6.07) is 7.51. The summed E-state index contributed by atoms with van der Waals surface area (Å²) in [5.74, 6) is 0.539. The topological polar surface area (TPSA) is 58.2 Å². The average Bonchev–Trinajstić information content (AvgIpc) is 2.29. The van der Waals surface area contributed by atoms with Gasteiger partial charge in [-0.15, -0.1) is 0 Å². The van der Waals surface area contributed by atoms with Crippen LogP contribution >= 0.6 is 0 Å². The van der Waals surface area contributed by atoms with Crippen LogP contribution in [0.4, 0.5) is 5.69 Å². The third-order valence-electron chi connectivity index (χ3n) is 2.65. The Morgan fingerprint density at radius 2 is 1.78 bits per heavy atom. The van der Waals surface area contributed by atoms with Crippen molar-refractivity contribution in [1.29, 1.82) is 0 Å². The number of benzene rings is 1. The van der Waals surface area contributed by atoms with Gasteiger partial charge in [0.1, 0.15) is 0 Å². The monoisotopic (exact) mass is 270 g/mol. The minimum atomic E-state index is -3.25. The molecule has 1 aromatic carbocycles. The Labute approximate surface area is 110 Å². The van der Waals surface area contributed by atoms with Gasteiger partial charge >= 0.3 is 0 Å². The van der Waals surface area contributed by atoms with E-state index in [0.29, 0.717) is 18.2 Å². The summed E-state index contributed by atoms with van der Waals surface area (Å²) in [6.07, 6.45) is 0. The van der Waals surface area contributed by atoms with Crippen molar-refractivity contribution in [2.24, 2.45) is 0 Å². The summed E-state index contributed by atoms with van der Waals surface area (Å²) in [6.45, 7) is 7.41. The molecule has 5 heteroatoms. The number of sulfonamides is 1. The SMILES string of the molecule is CCNCCS(=O)(=O)Nc1ccc(C(C)C)cc1. The molecule has 0 saturated heterocycles. The first-order chi connectivity index (χ1) is 8.44. The second-order valence-corrected chi connectivity index (χ2v) is 6.39. The van der Waals surface area contributed by atoms with Crippen LogP contribution in [0, 0.1) is 0 Å². The van der Waals surface area contributed by atoms with E-state index >= 15 is 0 Å². The van der Waals surface area contributed by atoms with Crippen molar-refractivity contribution >= 4 is 15.7 Å². The lowest BCUT2D eigenvalue weighted by molar-refractivity contribution is 0.597. The molecule has 0 aliphatic heterocycles. The maximum absolute atomic E-state index is 11.7. The molecular formula is C13H22N2O2S. The lowest BCUT2D eigenvalue weighted by atomic mass is 10.0. The van der Waals surface area contributed by atoms with Crippen LogP contribution in [0.25, 0.3) is 0 Å². The maximum Gasteiger partial charge on any atom is 0.233 e. The van der Waals surface area contributed by atoms with Crippen LogP contribution in [-0.2, 0) is 10.0 Å². The van der Waals surface area contributed by atoms with E-state index in [0.717, 1.165) is 6.54 Å². The quantitative estimate of drug-likeness (QED) is 0.747. The summed E-state index contributed by atoms with van der Waals surface area (Å²) < 4.78 is 26.1. The fraction of sp³-hybridized carbons (Fsp3) is 0.538. The van der Waals surface area contributed by atoms with Crippen molar-refractivity contribution in [3.8, 4) is 0 Å². The number of anilines is 1. The molecule has 0 fully saturated rings. The molecule has 0 spiro atoms. The van der Waals surface area contributed by atoms with Crippen LogP contribution < -0.4 is 10.0 Å². The van der Waals surface area contributed by atoms with Crippen molar-refractivity contribution in [2.75, 3.05) is 23.6 Å². The second-order valence-electron chi connectivity index (χ2n) is 4.55. The fourth-order valence-corrected chi connectivity index (χ4v) is 2.56. The van der Waals surface area contributed by atoms with E-state index < -0.39 is 10.0 Å². The molecule has 0 amide bonds. The van der Waals surface area contributed by atoms with E-state index in [1.807, 2.05) is 19.1 Å². The van der Waals surface area contributed by atoms with E-state index in [-0.39, 0.29) is 5.75 Å². The van der Waals surface area contributed by atoms with Crippen molar-refractivity contribution in [3.63, 3.8) is 0 Å². The van der Waals surface area contributed by atoms with E-state index in [1.165, 1.54) is 5.56 Å². The summed E-state index contributed by atoms with van der Waals surface area (Å²) in [4.78, 5) is 0. The Morgan fingerprint density at radius 3 is 2.28 bits per heavy atom. The molecule has 0 aliphatic rings. The normalized spacial score (nSPS) is 11.8. The highest BCUT2D eigenvalue weighted by molar-refractivity contribution is 7.92. The van der Waals surface area contributed by atoms with Crippen LogP contribution in [-0.4, -0.2) is 27.3 Å². The highest BCUT2D eigenvalue weighted by atomic mass is 32.2. The van der Waals surface area contributed by atoms with Crippen LogP contribution in [0.3, 0.4) is 0 Å².